The van der Waals surface area contributed by atoms with Crippen molar-refractivity contribution in [2.75, 3.05) is 39.3 Å². The van der Waals surface area contributed by atoms with E-state index in [9.17, 15) is 4.79 Å². The fourth-order valence-corrected chi connectivity index (χ4v) is 3.17. The molecule has 1 atom stereocenters. The van der Waals surface area contributed by atoms with E-state index in [4.69, 9.17) is 5.73 Å². The molecule has 1 amide bonds. The van der Waals surface area contributed by atoms with Gasteiger partial charge in [0.25, 0.3) is 0 Å². The van der Waals surface area contributed by atoms with Crippen LogP contribution < -0.4 is 5.73 Å². The molecule has 1 unspecified atom stereocenters. The molecule has 0 aromatic carbocycles. The van der Waals surface area contributed by atoms with Gasteiger partial charge in [-0.05, 0) is 30.7 Å². The molecule has 0 spiro atoms. The van der Waals surface area contributed by atoms with Crippen LogP contribution in [-0.4, -0.2) is 55.0 Å². The van der Waals surface area contributed by atoms with E-state index in [1.807, 2.05) is 0 Å². The standard InChI is InChI=1S/C16H33N3O/c1-14(13-16(2,3)4)12-15(20)19-8-5-7-18(9-6-17)10-11-19/h14H,5-13,17H2,1-4H3. The first-order chi connectivity index (χ1) is 9.31. The minimum Gasteiger partial charge on any atom is -0.341 e. The number of carbonyl (C=O) groups is 1. The molecular formula is C16H33N3O. The molecule has 20 heavy (non-hydrogen) atoms. The Balaban J connectivity index is 2.39. The Kier molecular flexibility index (Phi) is 6.96. The maximum atomic E-state index is 12.4. The molecule has 0 aromatic heterocycles. The average molecular weight is 283 g/mol. The summed E-state index contributed by atoms with van der Waals surface area (Å²) in [4.78, 5) is 16.8. The van der Waals surface area contributed by atoms with E-state index in [0.717, 1.165) is 45.6 Å². The Morgan fingerprint density at radius 2 is 1.90 bits per heavy atom. The van der Waals surface area contributed by atoms with Crippen molar-refractivity contribution in [1.82, 2.24) is 9.80 Å². The van der Waals surface area contributed by atoms with Gasteiger partial charge in [0.1, 0.15) is 0 Å². The van der Waals surface area contributed by atoms with Crippen LogP contribution in [0.1, 0.15) is 47.0 Å². The smallest absolute Gasteiger partial charge is 0.222 e. The summed E-state index contributed by atoms with van der Waals surface area (Å²) in [5, 5.41) is 0. The van der Waals surface area contributed by atoms with Crippen LogP contribution in [0.3, 0.4) is 0 Å². The minimum atomic E-state index is 0.302. The van der Waals surface area contributed by atoms with E-state index in [0.29, 0.717) is 30.2 Å². The predicted octanol–water partition coefficient (Wildman–Crippen LogP) is 1.94. The van der Waals surface area contributed by atoms with E-state index < -0.39 is 0 Å². The van der Waals surface area contributed by atoms with Gasteiger partial charge in [0.2, 0.25) is 5.91 Å². The summed E-state index contributed by atoms with van der Waals surface area (Å²) in [7, 11) is 0. The SMILES string of the molecule is CC(CC(=O)N1CCCN(CCN)CC1)CC(C)(C)C. The molecule has 1 aliphatic heterocycles. The monoisotopic (exact) mass is 283 g/mol. The minimum absolute atomic E-state index is 0.302. The number of amides is 1. The Morgan fingerprint density at radius 3 is 2.50 bits per heavy atom. The lowest BCUT2D eigenvalue weighted by Gasteiger charge is -2.26. The maximum Gasteiger partial charge on any atom is 0.222 e. The molecule has 2 N–H and O–H groups in total. The number of hydrogen-bond acceptors (Lipinski definition) is 3. The van der Waals surface area contributed by atoms with Crippen molar-refractivity contribution in [3.05, 3.63) is 0 Å². The fourth-order valence-electron chi connectivity index (χ4n) is 3.17. The molecule has 0 aromatic rings. The third-order valence-corrected chi connectivity index (χ3v) is 3.87. The summed E-state index contributed by atoms with van der Waals surface area (Å²) in [6.45, 7) is 14.4. The zero-order valence-electron chi connectivity index (χ0n) is 13.8. The molecule has 118 valence electrons. The van der Waals surface area contributed by atoms with Crippen LogP contribution in [0.25, 0.3) is 0 Å². The Morgan fingerprint density at radius 1 is 1.20 bits per heavy atom. The van der Waals surface area contributed by atoms with Crippen LogP contribution in [0.15, 0.2) is 0 Å². The number of hydrogen-bond donors (Lipinski definition) is 1. The van der Waals surface area contributed by atoms with Crippen molar-refractivity contribution in [3.8, 4) is 0 Å². The lowest BCUT2D eigenvalue weighted by Crippen LogP contribution is -2.37. The van der Waals surface area contributed by atoms with Gasteiger partial charge < -0.3 is 15.5 Å². The van der Waals surface area contributed by atoms with Gasteiger partial charge in [0.15, 0.2) is 0 Å². The van der Waals surface area contributed by atoms with Gasteiger partial charge in [0.05, 0.1) is 0 Å². The average Bonchev–Trinajstić information content (AvgIpc) is 2.52. The molecule has 4 nitrogen and oxygen atoms in total. The second-order valence-electron chi connectivity index (χ2n) is 7.44. The highest BCUT2D eigenvalue weighted by molar-refractivity contribution is 5.76. The van der Waals surface area contributed by atoms with Gasteiger partial charge in [-0.15, -0.1) is 0 Å². The first-order valence-electron chi connectivity index (χ1n) is 8.02. The fraction of sp³-hybridized carbons (Fsp3) is 0.938. The van der Waals surface area contributed by atoms with Gasteiger partial charge >= 0.3 is 0 Å². The molecule has 0 bridgehead atoms. The van der Waals surface area contributed by atoms with Gasteiger partial charge in [-0.1, -0.05) is 27.7 Å². The second kappa shape index (κ2) is 7.99. The zero-order chi connectivity index (χ0) is 15.2. The Labute approximate surface area is 124 Å². The van der Waals surface area contributed by atoms with Crippen molar-refractivity contribution in [2.45, 2.75) is 47.0 Å². The van der Waals surface area contributed by atoms with Crippen LogP contribution in [-0.2, 0) is 4.79 Å². The topological polar surface area (TPSA) is 49.6 Å². The first kappa shape index (κ1) is 17.4. The number of nitrogens with zero attached hydrogens (tertiary/aromatic N) is 2. The zero-order valence-corrected chi connectivity index (χ0v) is 13.8. The Hall–Kier alpha value is -0.610. The van der Waals surface area contributed by atoms with Crippen molar-refractivity contribution in [3.63, 3.8) is 0 Å². The van der Waals surface area contributed by atoms with Gasteiger partial charge in [-0.3, -0.25) is 4.79 Å². The normalized spacial score (nSPS) is 19.8. The van der Waals surface area contributed by atoms with E-state index in [1.54, 1.807) is 0 Å². The van der Waals surface area contributed by atoms with E-state index in [-0.39, 0.29) is 0 Å². The highest BCUT2D eigenvalue weighted by atomic mass is 16.2. The van der Waals surface area contributed by atoms with Crippen molar-refractivity contribution in [2.24, 2.45) is 17.1 Å². The molecule has 1 aliphatic rings. The van der Waals surface area contributed by atoms with Crippen molar-refractivity contribution in [1.29, 1.82) is 0 Å². The van der Waals surface area contributed by atoms with Gasteiger partial charge in [0, 0.05) is 39.1 Å². The van der Waals surface area contributed by atoms with Gasteiger partial charge in [-0.25, -0.2) is 0 Å². The largest absolute Gasteiger partial charge is 0.341 e. The highest BCUT2D eigenvalue weighted by Gasteiger charge is 2.22. The number of nitrogens with two attached hydrogens (primary N) is 1. The van der Waals surface area contributed by atoms with Crippen molar-refractivity contribution < 1.29 is 4.79 Å². The molecule has 1 fully saturated rings. The molecule has 1 heterocycles. The van der Waals surface area contributed by atoms with Crippen LogP contribution in [0.5, 0.6) is 0 Å². The molecule has 0 saturated carbocycles. The second-order valence-corrected chi connectivity index (χ2v) is 7.44. The van der Waals surface area contributed by atoms with Gasteiger partial charge in [-0.2, -0.15) is 0 Å². The number of rotatable bonds is 5. The predicted molar refractivity (Wildman–Crippen MR) is 84.5 cm³/mol. The third-order valence-electron chi connectivity index (χ3n) is 3.87. The summed E-state index contributed by atoms with van der Waals surface area (Å²) in [5.41, 5.74) is 5.91. The maximum absolute atomic E-state index is 12.4. The van der Waals surface area contributed by atoms with Crippen LogP contribution in [0.4, 0.5) is 0 Å². The summed E-state index contributed by atoms with van der Waals surface area (Å²) < 4.78 is 0. The Bertz CT molecular complexity index is 299. The first-order valence-corrected chi connectivity index (χ1v) is 8.02. The molecule has 0 radical (unpaired) electrons. The van der Waals surface area contributed by atoms with E-state index in [2.05, 4.69) is 37.5 Å². The lowest BCUT2D eigenvalue weighted by atomic mass is 9.84. The summed E-state index contributed by atoms with van der Waals surface area (Å²) >= 11 is 0. The molecule has 4 heteroatoms. The summed E-state index contributed by atoms with van der Waals surface area (Å²) in [6, 6.07) is 0. The van der Waals surface area contributed by atoms with Crippen LogP contribution in [0, 0.1) is 11.3 Å². The van der Waals surface area contributed by atoms with E-state index in [1.165, 1.54) is 0 Å². The third kappa shape index (κ3) is 6.71. The molecule has 1 saturated heterocycles. The van der Waals surface area contributed by atoms with E-state index >= 15 is 0 Å². The molecule has 1 rings (SSSR count). The van der Waals surface area contributed by atoms with Crippen LogP contribution in [0.2, 0.25) is 0 Å². The summed E-state index contributed by atoms with van der Waals surface area (Å²) in [6.07, 6.45) is 2.86. The quantitative estimate of drug-likeness (QED) is 0.839. The summed E-state index contributed by atoms with van der Waals surface area (Å²) in [5.74, 6) is 0.794. The van der Waals surface area contributed by atoms with Crippen LogP contribution >= 0.6 is 0 Å². The number of carbonyl (C=O) groups excluding carboxylic acids is 1. The van der Waals surface area contributed by atoms with Crippen molar-refractivity contribution >= 4 is 5.91 Å². The highest BCUT2D eigenvalue weighted by Crippen LogP contribution is 2.26. The molecule has 0 aliphatic carbocycles. The molecular weight excluding hydrogens is 250 g/mol. The lowest BCUT2D eigenvalue weighted by molar-refractivity contribution is -0.132.